The van der Waals surface area contributed by atoms with E-state index in [0.29, 0.717) is 5.02 Å². The van der Waals surface area contributed by atoms with Crippen molar-refractivity contribution in [1.29, 1.82) is 0 Å². The number of hydrogen-bond donors (Lipinski definition) is 0. The Morgan fingerprint density at radius 2 is 2.38 bits per heavy atom. The second-order valence-corrected chi connectivity index (χ2v) is 4.46. The third-order valence-electron chi connectivity index (χ3n) is 2.05. The molecule has 0 amide bonds. The summed E-state index contributed by atoms with van der Waals surface area (Å²) in [5.41, 5.74) is 1.08. The zero-order valence-electron chi connectivity index (χ0n) is 7.03. The van der Waals surface area contributed by atoms with Gasteiger partial charge in [-0.05, 0) is 18.2 Å². The molecule has 0 N–H and O–H groups in total. The quantitative estimate of drug-likeness (QED) is 0.669. The molecule has 1 aromatic rings. The first-order valence-electron chi connectivity index (χ1n) is 3.86. The number of thioether (sulfide) groups is 1. The summed E-state index contributed by atoms with van der Waals surface area (Å²) in [5.74, 6) is 0. The van der Waals surface area contributed by atoms with Gasteiger partial charge in [0.1, 0.15) is 5.37 Å². The predicted molar refractivity (Wildman–Crippen MR) is 55.6 cm³/mol. The fraction of sp³-hybridized carbons (Fsp3) is 0.222. The Morgan fingerprint density at radius 1 is 1.62 bits per heavy atom. The Morgan fingerprint density at radius 3 is 3.08 bits per heavy atom. The highest BCUT2D eigenvalue weighted by atomic mass is 35.5. The van der Waals surface area contributed by atoms with Crippen molar-refractivity contribution in [2.24, 2.45) is 0 Å². The van der Waals surface area contributed by atoms with E-state index in [-0.39, 0.29) is 5.37 Å². The number of halogens is 1. The minimum Gasteiger partial charge on any atom is -0.355 e. The van der Waals surface area contributed by atoms with Crippen LogP contribution in [0.3, 0.4) is 0 Å². The molecule has 1 atom stereocenters. The molecule has 1 aliphatic rings. The van der Waals surface area contributed by atoms with E-state index in [4.69, 9.17) is 11.6 Å². The largest absolute Gasteiger partial charge is 0.355 e. The van der Waals surface area contributed by atoms with Gasteiger partial charge in [0.2, 0.25) is 0 Å². The molecule has 0 radical (unpaired) electrons. The lowest BCUT2D eigenvalue weighted by molar-refractivity contribution is -0.107. The molecule has 4 heteroatoms. The third kappa shape index (κ3) is 1.42. The fourth-order valence-electron chi connectivity index (χ4n) is 1.34. The number of nitrogens with zero attached hydrogens (tertiary/aromatic N) is 1. The van der Waals surface area contributed by atoms with Gasteiger partial charge in [-0.25, -0.2) is 0 Å². The summed E-state index contributed by atoms with van der Waals surface area (Å²) in [6.07, 6.45) is 0.943. The predicted octanol–water partition coefficient (Wildman–Crippen LogP) is 2.41. The molecule has 1 aromatic carbocycles. The Bertz CT molecular complexity index is 355. The number of aldehydes is 1. The molecule has 1 unspecified atom stereocenters. The van der Waals surface area contributed by atoms with Gasteiger partial charge in [0.25, 0.3) is 0 Å². The average molecular weight is 214 g/mol. The first-order valence-corrected chi connectivity index (χ1v) is 5.12. The van der Waals surface area contributed by atoms with Crippen LogP contribution in [-0.4, -0.2) is 18.7 Å². The maximum atomic E-state index is 10.7. The van der Waals surface area contributed by atoms with E-state index in [1.165, 1.54) is 11.8 Å². The zero-order valence-corrected chi connectivity index (χ0v) is 8.60. The summed E-state index contributed by atoms with van der Waals surface area (Å²) < 4.78 is 0. The van der Waals surface area contributed by atoms with Crippen molar-refractivity contribution in [1.82, 2.24) is 0 Å². The summed E-state index contributed by atoms with van der Waals surface area (Å²) in [5, 5.41) is 0.611. The Kier molecular flexibility index (Phi) is 2.22. The minimum absolute atomic E-state index is 0.103. The Balaban J connectivity index is 2.43. The molecule has 1 heterocycles. The molecule has 68 valence electrons. The van der Waals surface area contributed by atoms with E-state index < -0.39 is 0 Å². The number of likely N-dealkylation sites (N-methyl/N-ethyl adjacent to an activating group) is 1. The van der Waals surface area contributed by atoms with Gasteiger partial charge in [0, 0.05) is 17.0 Å². The lowest BCUT2D eigenvalue weighted by Gasteiger charge is -2.15. The van der Waals surface area contributed by atoms with Crippen LogP contribution in [0.1, 0.15) is 0 Å². The van der Waals surface area contributed by atoms with Gasteiger partial charge in [-0.3, -0.25) is 0 Å². The smallest absolute Gasteiger partial charge is 0.153 e. The third-order valence-corrected chi connectivity index (χ3v) is 3.53. The van der Waals surface area contributed by atoms with Crippen molar-refractivity contribution < 1.29 is 4.79 Å². The van der Waals surface area contributed by atoms with Crippen molar-refractivity contribution >= 4 is 35.3 Å². The van der Waals surface area contributed by atoms with Gasteiger partial charge in [-0.15, -0.1) is 0 Å². The summed E-state index contributed by atoms with van der Waals surface area (Å²) in [7, 11) is 1.91. The van der Waals surface area contributed by atoms with Gasteiger partial charge in [0.05, 0.1) is 5.69 Å². The first kappa shape index (κ1) is 8.91. The highest BCUT2D eigenvalue weighted by Crippen LogP contribution is 2.42. The van der Waals surface area contributed by atoms with E-state index in [2.05, 4.69) is 0 Å². The second kappa shape index (κ2) is 3.24. The van der Waals surface area contributed by atoms with Crippen LogP contribution in [-0.2, 0) is 4.79 Å². The van der Waals surface area contributed by atoms with E-state index >= 15 is 0 Å². The normalized spacial score (nSPS) is 20.2. The molecule has 1 aliphatic heterocycles. The molecule has 0 bridgehead atoms. The van der Waals surface area contributed by atoms with Crippen molar-refractivity contribution in [2.75, 3.05) is 11.9 Å². The standard InChI is InChI=1S/C9H8ClNOS/c1-11-7-3-2-6(10)4-8(7)13-9(11)5-12/h2-5,9H,1H3. The summed E-state index contributed by atoms with van der Waals surface area (Å²) in [6.45, 7) is 0. The molecule has 0 saturated heterocycles. The average Bonchev–Trinajstić information content (AvgIpc) is 2.42. The summed E-state index contributed by atoms with van der Waals surface area (Å²) in [4.78, 5) is 13.7. The van der Waals surface area contributed by atoms with Crippen LogP contribution in [0.4, 0.5) is 5.69 Å². The molecular formula is C9H8ClNOS. The van der Waals surface area contributed by atoms with Gasteiger partial charge >= 0.3 is 0 Å². The maximum Gasteiger partial charge on any atom is 0.153 e. The van der Waals surface area contributed by atoms with Gasteiger partial charge in [0.15, 0.2) is 6.29 Å². The number of benzene rings is 1. The molecule has 0 fully saturated rings. The Hall–Kier alpha value is -0.670. The Labute approximate surface area is 85.9 Å². The van der Waals surface area contributed by atoms with E-state index in [9.17, 15) is 4.79 Å². The number of rotatable bonds is 1. The number of carbonyl (C=O) groups is 1. The van der Waals surface area contributed by atoms with Crippen molar-refractivity contribution in [3.8, 4) is 0 Å². The molecule has 2 nitrogen and oxygen atoms in total. The minimum atomic E-state index is -0.103. The second-order valence-electron chi connectivity index (χ2n) is 2.87. The lowest BCUT2D eigenvalue weighted by atomic mass is 10.3. The molecule has 0 saturated carbocycles. The van der Waals surface area contributed by atoms with E-state index in [0.717, 1.165) is 16.9 Å². The highest BCUT2D eigenvalue weighted by molar-refractivity contribution is 8.01. The molecule has 0 spiro atoms. The number of fused-ring (bicyclic) bond motifs is 1. The van der Waals surface area contributed by atoms with Crippen LogP contribution in [0.15, 0.2) is 23.1 Å². The van der Waals surface area contributed by atoms with Gasteiger partial charge in [-0.1, -0.05) is 23.4 Å². The molecule has 13 heavy (non-hydrogen) atoms. The molecule has 0 aromatic heterocycles. The highest BCUT2D eigenvalue weighted by Gasteiger charge is 2.26. The fourth-order valence-corrected chi connectivity index (χ4v) is 2.69. The SMILES string of the molecule is CN1c2ccc(Cl)cc2SC1C=O. The van der Waals surface area contributed by atoms with E-state index in [1.54, 1.807) is 0 Å². The van der Waals surface area contributed by atoms with Crippen molar-refractivity contribution in [3.63, 3.8) is 0 Å². The van der Waals surface area contributed by atoms with Gasteiger partial charge < -0.3 is 9.69 Å². The zero-order chi connectivity index (χ0) is 9.42. The molecule has 2 rings (SSSR count). The summed E-state index contributed by atoms with van der Waals surface area (Å²) >= 11 is 7.37. The van der Waals surface area contributed by atoms with E-state index in [1.807, 2.05) is 30.1 Å². The van der Waals surface area contributed by atoms with Crippen molar-refractivity contribution in [3.05, 3.63) is 23.2 Å². The topological polar surface area (TPSA) is 20.3 Å². The summed E-state index contributed by atoms with van der Waals surface area (Å²) in [6, 6.07) is 5.67. The monoisotopic (exact) mass is 213 g/mol. The number of carbonyl (C=O) groups excluding carboxylic acids is 1. The van der Waals surface area contributed by atoms with Crippen LogP contribution in [0.25, 0.3) is 0 Å². The van der Waals surface area contributed by atoms with Crippen LogP contribution in [0, 0.1) is 0 Å². The number of hydrogen-bond acceptors (Lipinski definition) is 3. The lowest BCUT2D eigenvalue weighted by Crippen LogP contribution is -2.25. The van der Waals surface area contributed by atoms with Crippen LogP contribution in [0.2, 0.25) is 5.02 Å². The number of anilines is 1. The maximum absolute atomic E-state index is 10.7. The molecular weight excluding hydrogens is 206 g/mol. The van der Waals surface area contributed by atoms with Crippen LogP contribution >= 0.6 is 23.4 Å². The van der Waals surface area contributed by atoms with Crippen LogP contribution in [0.5, 0.6) is 0 Å². The van der Waals surface area contributed by atoms with Gasteiger partial charge in [-0.2, -0.15) is 0 Å². The van der Waals surface area contributed by atoms with Crippen LogP contribution < -0.4 is 4.90 Å². The molecule has 0 aliphatic carbocycles. The van der Waals surface area contributed by atoms with Crippen molar-refractivity contribution in [2.45, 2.75) is 10.3 Å². The first-order chi connectivity index (χ1) is 6.22.